The Morgan fingerprint density at radius 1 is 0.623 bits per heavy atom. The van der Waals surface area contributed by atoms with Crippen molar-refractivity contribution in [2.75, 3.05) is 0 Å². The van der Waals surface area contributed by atoms with E-state index in [9.17, 15) is 10.5 Å². The first-order chi connectivity index (χ1) is 26.0. The topological polar surface area (TPSA) is 99.6 Å². The first-order valence-electron chi connectivity index (χ1n) is 17.6. The highest BCUT2D eigenvalue weighted by Gasteiger charge is 2.46. The first-order valence-corrected chi connectivity index (χ1v) is 17.6. The van der Waals surface area contributed by atoms with Crippen LogP contribution >= 0.6 is 0 Å². The molecule has 0 fully saturated rings. The molecule has 7 rings (SSSR count). The highest BCUT2D eigenvalue weighted by Crippen LogP contribution is 2.57. The molecule has 0 heterocycles. The SMILES string of the molecule is C/C=C(C#N)\C=C(/N)c1cccc(-c2ccc3c(c2)-c2cc(-c4cccc(C/C=C(C#N)\C=C/N)c4)ccc2C3(c2ccccc2)c2ccccc2)c1. The van der Waals surface area contributed by atoms with Gasteiger partial charge in [-0.15, -0.1) is 0 Å². The van der Waals surface area contributed by atoms with Gasteiger partial charge in [0.2, 0.25) is 0 Å². The number of hydrogen-bond donors (Lipinski definition) is 2. The summed E-state index contributed by atoms with van der Waals surface area (Å²) in [6.45, 7) is 1.83. The van der Waals surface area contributed by atoms with E-state index in [0.29, 0.717) is 23.3 Å². The zero-order valence-electron chi connectivity index (χ0n) is 29.5. The number of rotatable bonds is 9. The van der Waals surface area contributed by atoms with E-state index in [0.717, 1.165) is 33.4 Å². The summed E-state index contributed by atoms with van der Waals surface area (Å²) in [5, 5.41) is 18.9. The molecular formula is C49H38N4. The van der Waals surface area contributed by atoms with Gasteiger partial charge in [0.15, 0.2) is 0 Å². The van der Waals surface area contributed by atoms with E-state index in [1.807, 2.05) is 25.1 Å². The van der Waals surface area contributed by atoms with Crippen LogP contribution in [-0.2, 0) is 11.8 Å². The molecule has 0 unspecified atom stereocenters. The Balaban J connectivity index is 1.42. The molecule has 0 spiro atoms. The summed E-state index contributed by atoms with van der Waals surface area (Å²) >= 11 is 0. The lowest BCUT2D eigenvalue weighted by Gasteiger charge is -2.34. The zero-order chi connectivity index (χ0) is 36.8. The second-order valence-electron chi connectivity index (χ2n) is 13.1. The van der Waals surface area contributed by atoms with Gasteiger partial charge < -0.3 is 11.5 Å². The van der Waals surface area contributed by atoms with E-state index in [2.05, 4.69) is 146 Å². The Morgan fingerprint density at radius 3 is 1.72 bits per heavy atom. The molecule has 0 amide bonds. The maximum absolute atomic E-state index is 9.48. The van der Waals surface area contributed by atoms with Crippen molar-refractivity contribution in [2.45, 2.75) is 18.8 Å². The van der Waals surface area contributed by atoms with Crippen LogP contribution in [0.25, 0.3) is 39.1 Å². The first kappa shape index (κ1) is 34.3. The van der Waals surface area contributed by atoms with Gasteiger partial charge in [0, 0.05) is 16.8 Å². The van der Waals surface area contributed by atoms with Crippen LogP contribution in [0, 0.1) is 22.7 Å². The Labute approximate surface area is 311 Å². The minimum absolute atomic E-state index is 0.522. The summed E-state index contributed by atoms with van der Waals surface area (Å²) in [6.07, 6.45) is 9.01. The van der Waals surface area contributed by atoms with E-state index in [1.54, 1.807) is 18.2 Å². The number of nitrogens with two attached hydrogens (primary N) is 2. The van der Waals surface area contributed by atoms with Crippen molar-refractivity contribution in [1.82, 2.24) is 0 Å². The molecule has 0 aliphatic heterocycles. The van der Waals surface area contributed by atoms with Crippen LogP contribution in [0.2, 0.25) is 0 Å². The molecule has 6 aromatic carbocycles. The lowest BCUT2D eigenvalue weighted by molar-refractivity contribution is 0.768. The Morgan fingerprint density at radius 2 is 1.17 bits per heavy atom. The van der Waals surface area contributed by atoms with Crippen LogP contribution in [0.3, 0.4) is 0 Å². The van der Waals surface area contributed by atoms with Crippen molar-refractivity contribution in [3.63, 3.8) is 0 Å². The highest BCUT2D eigenvalue weighted by molar-refractivity contribution is 5.91. The van der Waals surface area contributed by atoms with Crippen LogP contribution in [0.5, 0.6) is 0 Å². The average molecular weight is 683 g/mol. The van der Waals surface area contributed by atoms with Gasteiger partial charge >= 0.3 is 0 Å². The van der Waals surface area contributed by atoms with E-state index >= 15 is 0 Å². The molecule has 0 aromatic heterocycles. The fourth-order valence-electron chi connectivity index (χ4n) is 7.53. The molecule has 0 bridgehead atoms. The van der Waals surface area contributed by atoms with Crippen molar-refractivity contribution < 1.29 is 0 Å². The molecule has 4 nitrogen and oxygen atoms in total. The van der Waals surface area contributed by atoms with Gasteiger partial charge in [-0.25, -0.2) is 0 Å². The molecule has 1 aliphatic carbocycles. The van der Waals surface area contributed by atoms with Crippen LogP contribution in [0.15, 0.2) is 187 Å². The predicted octanol–water partition coefficient (Wildman–Crippen LogP) is 10.6. The summed E-state index contributed by atoms with van der Waals surface area (Å²) < 4.78 is 0. The van der Waals surface area contributed by atoms with Crippen molar-refractivity contribution >= 4 is 5.70 Å². The van der Waals surface area contributed by atoms with Crippen molar-refractivity contribution in [2.24, 2.45) is 11.5 Å². The summed E-state index contributed by atoms with van der Waals surface area (Å²) in [5.41, 5.74) is 26.6. The van der Waals surface area contributed by atoms with Crippen molar-refractivity contribution in [3.8, 4) is 45.5 Å². The van der Waals surface area contributed by atoms with Gasteiger partial charge in [-0.05, 0) is 117 Å². The minimum Gasteiger partial charge on any atom is -0.405 e. The molecular weight excluding hydrogens is 645 g/mol. The fraction of sp³-hybridized carbons (Fsp3) is 0.0612. The number of nitriles is 2. The standard InChI is InChI=1S/C49H38N4/c1-2-34(32-51)28-48(53)41-14-10-13-38(29-41)40-22-24-47-45(31-40)44-30-39(37-12-9-11-35(27-37)19-20-36(33-52)25-26-50)21-23-46(44)49(47,42-15-5-3-6-16-42)43-17-7-4-8-18-43/h2-18,20-31H,19,50,53H2,1H3/b26-25-,34-2+,36-20+,48-28-. The van der Waals surface area contributed by atoms with E-state index in [1.165, 1.54) is 39.6 Å². The van der Waals surface area contributed by atoms with Crippen molar-refractivity contribution in [1.29, 1.82) is 10.5 Å². The lowest BCUT2D eigenvalue weighted by atomic mass is 9.67. The summed E-state index contributed by atoms with van der Waals surface area (Å²) in [4.78, 5) is 0. The van der Waals surface area contributed by atoms with Crippen LogP contribution in [-0.4, -0.2) is 0 Å². The lowest BCUT2D eigenvalue weighted by Crippen LogP contribution is -2.28. The average Bonchev–Trinajstić information content (AvgIpc) is 3.52. The van der Waals surface area contributed by atoms with Crippen LogP contribution in [0.1, 0.15) is 40.3 Å². The van der Waals surface area contributed by atoms with Gasteiger partial charge in [0.25, 0.3) is 0 Å². The minimum atomic E-state index is -0.531. The second-order valence-corrected chi connectivity index (χ2v) is 13.1. The third-order valence-corrected chi connectivity index (χ3v) is 10.1. The number of nitrogens with zero attached hydrogens (tertiary/aromatic N) is 2. The number of fused-ring (bicyclic) bond motifs is 3. The van der Waals surface area contributed by atoms with Gasteiger partial charge in [-0.3, -0.25) is 0 Å². The normalized spacial score (nSPS) is 13.6. The van der Waals surface area contributed by atoms with Crippen LogP contribution < -0.4 is 11.5 Å². The van der Waals surface area contributed by atoms with Crippen LogP contribution in [0.4, 0.5) is 0 Å². The Bertz CT molecular complexity index is 2480. The largest absolute Gasteiger partial charge is 0.405 e. The number of benzene rings is 6. The zero-order valence-corrected chi connectivity index (χ0v) is 29.5. The van der Waals surface area contributed by atoms with Gasteiger partial charge in [0.05, 0.1) is 17.6 Å². The van der Waals surface area contributed by atoms with Crippen molar-refractivity contribution in [3.05, 3.63) is 221 Å². The van der Waals surface area contributed by atoms with Gasteiger partial charge in [0.1, 0.15) is 0 Å². The maximum atomic E-state index is 9.48. The quantitative estimate of drug-likeness (QED) is 0.117. The number of allylic oxidation sites excluding steroid dienone is 6. The maximum Gasteiger partial charge on any atom is 0.0988 e. The molecule has 0 saturated heterocycles. The molecule has 0 atom stereocenters. The van der Waals surface area contributed by atoms with E-state index < -0.39 is 5.41 Å². The second kappa shape index (κ2) is 15.0. The Hall–Kier alpha value is -7.14. The van der Waals surface area contributed by atoms with E-state index in [4.69, 9.17) is 11.5 Å². The molecule has 0 saturated carbocycles. The molecule has 1 aliphatic rings. The third kappa shape index (κ3) is 6.47. The molecule has 254 valence electrons. The van der Waals surface area contributed by atoms with Gasteiger partial charge in [-0.2, -0.15) is 10.5 Å². The molecule has 53 heavy (non-hydrogen) atoms. The number of hydrogen-bond acceptors (Lipinski definition) is 4. The predicted molar refractivity (Wildman–Crippen MR) is 217 cm³/mol. The molecule has 4 N–H and O–H groups in total. The summed E-state index contributed by atoms with van der Waals surface area (Å²) in [7, 11) is 0. The fourth-order valence-corrected chi connectivity index (χ4v) is 7.53. The Kier molecular flexibility index (Phi) is 9.71. The summed E-state index contributed by atoms with van der Waals surface area (Å²) in [6, 6.07) is 56.3. The third-order valence-electron chi connectivity index (χ3n) is 10.1. The molecule has 4 heteroatoms. The monoisotopic (exact) mass is 682 g/mol. The molecule has 6 aromatic rings. The summed E-state index contributed by atoms with van der Waals surface area (Å²) in [5.74, 6) is 0. The van der Waals surface area contributed by atoms with Gasteiger partial charge in [-0.1, -0.05) is 140 Å². The van der Waals surface area contributed by atoms with E-state index in [-0.39, 0.29) is 0 Å². The smallest absolute Gasteiger partial charge is 0.0988 e. The molecule has 0 radical (unpaired) electrons. The highest BCUT2D eigenvalue weighted by atomic mass is 14.6.